The molecule has 0 bridgehead atoms. The van der Waals surface area contributed by atoms with Gasteiger partial charge in [0.15, 0.2) is 5.06 Å². The number of allylic oxidation sites excluding steroid dienone is 1. The maximum Gasteiger partial charge on any atom is 0.199 e. The van der Waals surface area contributed by atoms with E-state index in [0.29, 0.717) is 5.69 Å². The number of hydrogen-bond donors (Lipinski definition) is 1. The van der Waals surface area contributed by atoms with Gasteiger partial charge in [-0.25, -0.2) is 4.98 Å². The normalized spacial score (nSPS) is 15.5. The van der Waals surface area contributed by atoms with Crippen molar-refractivity contribution >= 4 is 34.9 Å². The number of aryl methyl sites for hydroxylation is 1. The van der Waals surface area contributed by atoms with Crippen LogP contribution in [0.25, 0.3) is 11.6 Å². The highest BCUT2D eigenvalue weighted by atomic mass is 32.1. The number of hydrogen-bond acceptors (Lipinski definition) is 4. The second-order valence-corrected chi connectivity index (χ2v) is 4.98. The third kappa shape index (κ3) is 1.76. The van der Waals surface area contributed by atoms with Gasteiger partial charge in [0, 0.05) is 17.4 Å². The smallest absolute Gasteiger partial charge is 0.199 e. The summed E-state index contributed by atoms with van der Waals surface area (Å²) in [4.78, 5) is 8.59. The third-order valence-electron chi connectivity index (χ3n) is 2.59. The zero-order chi connectivity index (χ0) is 11.8. The number of nitrogens with zero attached hydrogens (tertiary/aromatic N) is 2. The zero-order valence-electron chi connectivity index (χ0n) is 9.21. The van der Waals surface area contributed by atoms with E-state index >= 15 is 0 Å². The lowest BCUT2D eigenvalue weighted by atomic mass is 10.1. The van der Waals surface area contributed by atoms with Crippen molar-refractivity contribution in [3.8, 4) is 5.06 Å². The van der Waals surface area contributed by atoms with Crippen LogP contribution in [0, 0.1) is 6.92 Å². The van der Waals surface area contributed by atoms with Crippen LogP contribution in [-0.2, 0) is 0 Å². The number of aromatic nitrogens is 1. The molecule has 0 unspecified atom stereocenters. The minimum absolute atomic E-state index is 0.257. The Bertz CT molecular complexity index is 641. The van der Waals surface area contributed by atoms with Gasteiger partial charge < -0.3 is 5.11 Å². The van der Waals surface area contributed by atoms with E-state index in [2.05, 4.69) is 9.98 Å². The average Bonchev–Trinajstić information content (AvgIpc) is 2.85. The monoisotopic (exact) mass is 242 g/mol. The Balaban J connectivity index is 2.08. The Morgan fingerprint density at radius 2 is 2.12 bits per heavy atom. The molecule has 0 aliphatic carbocycles. The minimum atomic E-state index is 0.257. The van der Waals surface area contributed by atoms with Gasteiger partial charge in [-0.15, -0.1) is 0 Å². The molecule has 0 radical (unpaired) electrons. The number of fused-ring (bicyclic) bond motifs is 1. The summed E-state index contributed by atoms with van der Waals surface area (Å²) < 4.78 is 0. The predicted molar refractivity (Wildman–Crippen MR) is 71.0 cm³/mol. The molecule has 84 valence electrons. The second-order valence-electron chi connectivity index (χ2n) is 3.80. The SMILES string of the molecule is Cc1nc(C=C2C=Nc3ccccc32)c(O)s1. The zero-order valence-corrected chi connectivity index (χ0v) is 10.0. The summed E-state index contributed by atoms with van der Waals surface area (Å²) in [5.41, 5.74) is 3.65. The Kier molecular flexibility index (Phi) is 2.30. The first-order valence-electron chi connectivity index (χ1n) is 5.25. The fraction of sp³-hybridized carbons (Fsp3) is 0.0769. The van der Waals surface area contributed by atoms with Crippen LogP contribution in [0.1, 0.15) is 16.3 Å². The Hall–Kier alpha value is -1.94. The minimum Gasteiger partial charge on any atom is -0.498 e. The predicted octanol–water partition coefficient (Wildman–Crippen LogP) is 3.41. The van der Waals surface area contributed by atoms with E-state index in [-0.39, 0.29) is 5.06 Å². The van der Waals surface area contributed by atoms with Gasteiger partial charge in [-0.2, -0.15) is 0 Å². The Morgan fingerprint density at radius 3 is 2.88 bits per heavy atom. The highest BCUT2D eigenvalue weighted by Gasteiger charge is 2.13. The van der Waals surface area contributed by atoms with E-state index in [0.717, 1.165) is 21.8 Å². The summed E-state index contributed by atoms with van der Waals surface area (Å²) in [6, 6.07) is 7.93. The molecule has 1 aromatic heterocycles. The molecule has 0 fully saturated rings. The van der Waals surface area contributed by atoms with Crippen molar-refractivity contribution in [2.24, 2.45) is 4.99 Å². The Morgan fingerprint density at radius 1 is 1.29 bits per heavy atom. The van der Waals surface area contributed by atoms with Crippen molar-refractivity contribution < 1.29 is 5.11 Å². The van der Waals surface area contributed by atoms with Crippen LogP contribution in [0.5, 0.6) is 5.06 Å². The van der Waals surface area contributed by atoms with Gasteiger partial charge in [0.05, 0.1) is 10.7 Å². The highest BCUT2D eigenvalue weighted by Crippen LogP contribution is 2.34. The average molecular weight is 242 g/mol. The molecule has 0 saturated carbocycles. The van der Waals surface area contributed by atoms with Crippen LogP contribution >= 0.6 is 11.3 Å². The van der Waals surface area contributed by atoms with E-state index in [9.17, 15) is 5.11 Å². The van der Waals surface area contributed by atoms with E-state index in [1.54, 1.807) is 6.21 Å². The van der Waals surface area contributed by atoms with Crippen molar-refractivity contribution in [1.29, 1.82) is 0 Å². The molecule has 0 spiro atoms. The molecule has 1 N–H and O–H groups in total. The van der Waals surface area contributed by atoms with Gasteiger partial charge >= 0.3 is 0 Å². The van der Waals surface area contributed by atoms with Crippen LogP contribution in [0.2, 0.25) is 0 Å². The van der Waals surface area contributed by atoms with Gasteiger partial charge in [0.2, 0.25) is 0 Å². The quantitative estimate of drug-likeness (QED) is 0.832. The van der Waals surface area contributed by atoms with Gasteiger partial charge in [-0.3, -0.25) is 4.99 Å². The number of aromatic hydroxyl groups is 1. The molecule has 1 aromatic carbocycles. The Labute approximate surface area is 103 Å². The summed E-state index contributed by atoms with van der Waals surface area (Å²) in [6.07, 6.45) is 3.67. The summed E-state index contributed by atoms with van der Waals surface area (Å²) in [6.45, 7) is 1.88. The van der Waals surface area contributed by atoms with Crippen LogP contribution in [0.4, 0.5) is 5.69 Å². The van der Waals surface area contributed by atoms with E-state index in [4.69, 9.17) is 0 Å². The van der Waals surface area contributed by atoms with Gasteiger partial charge in [0.25, 0.3) is 0 Å². The summed E-state index contributed by atoms with van der Waals surface area (Å²) >= 11 is 1.29. The first-order chi connectivity index (χ1) is 8.24. The number of para-hydroxylation sites is 1. The summed E-state index contributed by atoms with van der Waals surface area (Å²) in [7, 11) is 0. The molecule has 2 aromatic rings. The van der Waals surface area contributed by atoms with Crippen molar-refractivity contribution in [3.63, 3.8) is 0 Å². The van der Waals surface area contributed by atoms with E-state index in [1.165, 1.54) is 11.3 Å². The molecule has 1 aliphatic heterocycles. The van der Waals surface area contributed by atoms with E-state index in [1.807, 2.05) is 37.3 Å². The molecule has 2 heterocycles. The molecular weight excluding hydrogens is 232 g/mol. The van der Waals surface area contributed by atoms with Gasteiger partial charge in [-0.05, 0) is 19.1 Å². The highest BCUT2D eigenvalue weighted by molar-refractivity contribution is 7.13. The molecular formula is C13H10N2OS. The van der Waals surface area contributed by atoms with E-state index < -0.39 is 0 Å². The fourth-order valence-corrected chi connectivity index (χ4v) is 2.46. The molecule has 3 rings (SSSR count). The molecule has 4 heteroatoms. The van der Waals surface area contributed by atoms with Crippen LogP contribution in [0.3, 0.4) is 0 Å². The van der Waals surface area contributed by atoms with Crippen LogP contribution < -0.4 is 0 Å². The second kappa shape index (κ2) is 3.82. The first-order valence-corrected chi connectivity index (χ1v) is 6.07. The van der Waals surface area contributed by atoms with Crippen molar-refractivity contribution in [1.82, 2.24) is 4.98 Å². The number of rotatable bonds is 1. The third-order valence-corrected chi connectivity index (χ3v) is 3.38. The molecule has 17 heavy (non-hydrogen) atoms. The van der Waals surface area contributed by atoms with Crippen LogP contribution in [-0.4, -0.2) is 16.3 Å². The number of thiazole rings is 1. The lowest BCUT2D eigenvalue weighted by Crippen LogP contribution is -1.81. The largest absolute Gasteiger partial charge is 0.498 e. The molecule has 1 aliphatic rings. The maximum absolute atomic E-state index is 9.71. The van der Waals surface area contributed by atoms with Crippen molar-refractivity contribution in [2.45, 2.75) is 6.92 Å². The summed E-state index contributed by atoms with van der Waals surface area (Å²) in [5, 5.41) is 10.8. The number of benzene rings is 1. The lowest BCUT2D eigenvalue weighted by Gasteiger charge is -1.97. The standard InChI is InChI=1S/C13H10N2OS/c1-8-15-12(13(16)17-8)6-9-7-14-11-5-3-2-4-10(9)11/h2-7,16H,1H3. The molecule has 3 nitrogen and oxygen atoms in total. The first kappa shape index (κ1) is 10.2. The topological polar surface area (TPSA) is 45.5 Å². The number of aliphatic imine (C=N–C) groups is 1. The van der Waals surface area contributed by atoms with Crippen molar-refractivity contribution in [2.75, 3.05) is 0 Å². The molecule has 0 amide bonds. The van der Waals surface area contributed by atoms with Crippen LogP contribution in [0.15, 0.2) is 29.3 Å². The maximum atomic E-state index is 9.71. The van der Waals surface area contributed by atoms with Gasteiger partial charge in [-0.1, -0.05) is 29.5 Å². The molecule has 0 saturated heterocycles. The van der Waals surface area contributed by atoms with Crippen molar-refractivity contribution in [3.05, 3.63) is 40.5 Å². The lowest BCUT2D eigenvalue weighted by molar-refractivity contribution is 0.488. The summed E-state index contributed by atoms with van der Waals surface area (Å²) in [5.74, 6) is 0. The molecule has 0 atom stereocenters. The van der Waals surface area contributed by atoms with Gasteiger partial charge in [0.1, 0.15) is 5.69 Å². The fourth-order valence-electron chi connectivity index (χ4n) is 1.83.